The Morgan fingerprint density at radius 2 is 2.53 bits per heavy atom. The van der Waals surface area contributed by atoms with Gasteiger partial charge in [0.15, 0.2) is 0 Å². The summed E-state index contributed by atoms with van der Waals surface area (Å²) in [5, 5.41) is 16.6. The topological polar surface area (TPSA) is 70.4 Å². The number of aliphatic hydroxyl groups is 1. The predicted molar refractivity (Wildman–Crippen MR) is 71.6 cm³/mol. The molecule has 6 heteroatoms. The number of carbonyl (C=O) groups is 1. The zero-order valence-corrected chi connectivity index (χ0v) is 11.3. The van der Waals surface area contributed by atoms with Gasteiger partial charge in [0.25, 0.3) is 0 Å². The zero-order valence-electron chi connectivity index (χ0n) is 11.3. The highest BCUT2D eigenvalue weighted by Crippen LogP contribution is 2.12. The second-order valence-electron chi connectivity index (χ2n) is 4.96. The number of hydrogen-bond acceptors (Lipinski definition) is 4. The number of aliphatic hydroxyl groups excluding tert-OH is 1. The first-order chi connectivity index (χ1) is 9.22. The monoisotopic (exact) mass is 266 g/mol. The lowest BCUT2D eigenvalue weighted by Gasteiger charge is -2.28. The molecule has 2 rings (SSSR count). The van der Waals surface area contributed by atoms with Crippen LogP contribution in [0.4, 0.5) is 0 Å². The van der Waals surface area contributed by atoms with E-state index in [1.54, 1.807) is 28.0 Å². The molecule has 0 aliphatic carbocycles. The normalized spacial score (nSPS) is 20.4. The second-order valence-corrected chi connectivity index (χ2v) is 4.96. The summed E-state index contributed by atoms with van der Waals surface area (Å²) < 4.78 is 1.65. The van der Waals surface area contributed by atoms with Crippen LogP contribution in [0, 0.1) is 0 Å². The van der Waals surface area contributed by atoms with E-state index in [-0.39, 0.29) is 18.6 Å². The van der Waals surface area contributed by atoms with Crippen LogP contribution in [0.2, 0.25) is 0 Å². The van der Waals surface area contributed by atoms with Crippen LogP contribution in [0.25, 0.3) is 0 Å². The van der Waals surface area contributed by atoms with Gasteiger partial charge in [0.05, 0.1) is 6.61 Å². The molecule has 0 spiro atoms. The second kappa shape index (κ2) is 6.68. The quantitative estimate of drug-likeness (QED) is 0.761. The van der Waals surface area contributed by atoms with E-state index >= 15 is 0 Å². The predicted octanol–water partition coefficient (Wildman–Crippen LogP) is 0.0170. The van der Waals surface area contributed by atoms with Gasteiger partial charge in [-0.1, -0.05) is 0 Å². The van der Waals surface area contributed by atoms with Gasteiger partial charge in [0.1, 0.15) is 6.04 Å². The smallest absolute Gasteiger partial charge is 0.247 e. The third-order valence-corrected chi connectivity index (χ3v) is 3.56. The molecule has 1 saturated heterocycles. The van der Waals surface area contributed by atoms with Crippen LogP contribution in [0.15, 0.2) is 18.5 Å². The highest BCUT2D eigenvalue weighted by Gasteiger charge is 2.25. The summed E-state index contributed by atoms with van der Waals surface area (Å²) in [6.07, 6.45) is 5.69. The van der Waals surface area contributed by atoms with Gasteiger partial charge in [0, 0.05) is 31.5 Å². The number of rotatable bonds is 6. The van der Waals surface area contributed by atoms with Crippen LogP contribution in [-0.4, -0.2) is 58.0 Å². The summed E-state index contributed by atoms with van der Waals surface area (Å²) in [7, 11) is 0. The van der Waals surface area contributed by atoms with Crippen molar-refractivity contribution in [2.75, 3.05) is 26.2 Å². The van der Waals surface area contributed by atoms with Crippen LogP contribution < -0.4 is 5.32 Å². The average molecular weight is 266 g/mol. The molecule has 0 aromatic carbocycles. The first kappa shape index (κ1) is 14.0. The van der Waals surface area contributed by atoms with E-state index in [2.05, 4.69) is 10.4 Å². The van der Waals surface area contributed by atoms with Crippen molar-refractivity contribution in [2.45, 2.75) is 31.8 Å². The molecule has 0 radical (unpaired) electrons. The fourth-order valence-electron chi connectivity index (χ4n) is 2.48. The van der Waals surface area contributed by atoms with Gasteiger partial charge in [-0.25, -0.2) is 0 Å². The summed E-state index contributed by atoms with van der Waals surface area (Å²) in [5.74, 6) is 0.00597. The van der Waals surface area contributed by atoms with Crippen molar-refractivity contribution in [2.24, 2.45) is 0 Å². The van der Waals surface area contributed by atoms with Crippen molar-refractivity contribution in [3.8, 4) is 0 Å². The van der Waals surface area contributed by atoms with Gasteiger partial charge in [-0.05, 0) is 32.4 Å². The molecule has 1 amide bonds. The van der Waals surface area contributed by atoms with Crippen molar-refractivity contribution in [3.63, 3.8) is 0 Å². The SMILES string of the molecule is CC(C(=O)N(CCO)CC1CCCN1)n1cccn1. The summed E-state index contributed by atoms with van der Waals surface area (Å²) in [6.45, 7) is 3.88. The lowest BCUT2D eigenvalue weighted by molar-refractivity contribution is -0.135. The minimum Gasteiger partial charge on any atom is -0.395 e. The van der Waals surface area contributed by atoms with Crippen LogP contribution in [0.1, 0.15) is 25.8 Å². The number of aromatic nitrogens is 2. The Labute approximate surface area is 113 Å². The van der Waals surface area contributed by atoms with Crippen molar-refractivity contribution < 1.29 is 9.90 Å². The number of amides is 1. The van der Waals surface area contributed by atoms with E-state index < -0.39 is 0 Å². The maximum absolute atomic E-state index is 12.4. The first-order valence-corrected chi connectivity index (χ1v) is 6.84. The maximum Gasteiger partial charge on any atom is 0.247 e. The van der Waals surface area contributed by atoms with Crippen molar-refractivity contribution >= 4 is 5.91 Å². The molecule has 6 nitrogen and oxygen atoms in total. The Kier molecular flexibility index (Phi) is 4.93. The molecule has 2 atom stereocenters. The van der Waals surface area contributed by atoms with Crippen LogP contribution in [0.5, 0.6) is 0 Å². The molecule has 0 saturated carbocycles. The van der Waals surface area contributed by atoms with E-state index in [1.165, 1.54) is 0 Å². The molecule has 1 aromatic heterocycles. The van der Waals surface area contributed by atoms with Crippen LogP contribution in [0.3, 0.4) is 0 Å². The van der Waals surface area contributed by atoms with E-state index in [0.717, 1.165) is 19.4 Å². The number of nitrogens with one attached hydrogen (secondary N) is 1. The molecule has 1 aliphatic rings. The van der Waals surface area contributed by atoms with E-state index in [0.29, 0.717) is 19.1 Å². The van der Waals surface area contributed by atoms with Crippen molar-refractivity contribution in [1.29, 1.82) is 0 Å². The molecule has 1 aliphatic heterocycles. The standard InChI is InChI=1S/C13H22N4O2/c1-11(17-7-3-6-15-17)13(19)16(8-9-18)10-12-4-2-5-14-12/h3,6-7,11-12,14,18H,2,4-5,8-10H2,1H3. The first-order valence-electron chi connectivity index (χ1n) is 6.84. The molecule has 1 aromatic rings. The average Bonchev–Trinajstić information content (AvgIpc) is 3.09. The Balaban J connectivity index is 1.98. The summed E-state index contributed by atoms with van der Waals surface area (Å²) >= 11 is 0. The number of carbonyl (C=O) groups excluding carboxylic acids is 1. The van der Waals surface area contributed by atoms with E-state index in [4.69, 9.17) is 5.11 Å². The molecule has 1 fully saturated rings. The van der Waals surface area contributed by atoms with Crippen LogP contribution in [-0.2, 0) is 4.79 Å². The summed E-state index contributed by atoms with van der Waals surface area (Å²) in [5.41, 5.74) is 0. The van der Waals surface area contributed by atoms with E-state index in [9.17, 15) is 4.79 Å². The lowest BCUT2D eigenvalue weighted by Crippen LogP contribution is -2.45. The Bertz CT molecular complexity index is 387. The highest BCUT2D eigenvalue weighted by molar-refractivity contribution is 5.80. The Morgan fingerprint density at radius 1 is 1.68 bits per heavy atom. The molecule has 2 N–H and O–H groups in total. The molecule has 2 heterocycles. The highest BCUT2D eigenvalue weighted by atomic mass is 16.3. The van der Waals surface area contributed by atoms with Crippen molar-refractivity contribution in [1.82, 2.24) is 20.0 Å². The fraction of sp³-hybridized carbons (Fsp3) is 0.692. The van der Waals surface area contributed by atoms with E-state index in [1.807, 2.05) is 6.92 Å². The summed E-state index contributed by atoms with van der Waals surface area (Å²) in [4.78, 5) is 14.2. The molecule has 106 valence electrons. The minimum atomic E-state index is -0.331. The Hall–Kier alpha value is -1.40. The number of nitrogens with zero attached hydrogens (tertiary/aromatic N) is 3. The lowest BCUT2D eigenvalue weighted by atomic mass is 10.2. The van der Waals surface area contributed by atoms with Crippen LogP contribution >= 0.6 is 0 Å². The zero-order chi connectivity index (χ0) is 13.7. The maximum atomic E-state index is 12.4. The molecule has 19 heavy (non-hydrogen) atoms. The summed E-state index contributed by atoms with van der Waals surface area (Å²) in [6, 6.07) is 1.82. The van der Waals surface area contributed by atoms with Gasteiger partial charge >= 0.3 is 0 Å². The molecule has 2 unspecified atom stereocenters. The third kappa shape index (κ3) is 3.54. The van der Waals surface area contributed by atoms with Gasteiger partial charge in [-0.2, -0.15) is 5.10 Å². The largest absolute Gasteiger partial charge is 0.395 e. The molecular formula is C13H22N4O2. The third-order valence-electron chi connectivity index (χ3n) is 3.56. The van der Waals surface area contributed by atoms with Gasteiger partial charge in [-0.3, -0.25) is 9.48 Å². The Morgan fingerprint density at radius 3 is 3.11 bits per heavy atom. The van der Waals surface area contributed by atoms with Gasteiger partial charge in [0.2, 0.25) is 5.91 Å². The number of hydrogen-bond donors (Lipinski definition) is 2. The van der Waals surface area contributed by atoms with Gasteiger partial charge < -0.3 is 15.3 Å². The van der Waals surface area contributed by atoms with Crippen molar-refractivity contribution in [3.05, 3.63) is 18.5 Å². The molecule has 0 bridgehead atoms. The minimum absolute atomic E-state index is 0.00597. The van der Waals surface area contributed by atoms with Gasteiger partial charge in [-0.15, -0.1) is 0 Å². The fourth-order valence-corrected chi connectivity index (χ4v) is 2.48. The molecular weight excluding hydrogens is 244 g/mol.